The molecule has 6 heteroatoms. The second kappa shape index (κ2) is 6.24. The Kier molecular flexibility index (Phi) is 4.96. The molecule has 0 fully saturated rings. The van der Waals surface area contributed by atoms with Crippen LogP contribution in [0.3, 0.4) is 0 Å². The number of rotatable bonds is 5. The van der Waals surface area contributed by atoms with Crippen LogP contribution in [0.1, 0.15) is 19.3 Å². The van der Waals surface area contributed by atoms with Crippen LogP contribution in [0, 0.1) is 17.5 Å². The first-order valence-corrected chi connectivity index (χ1v) is 5.10. The lowest BCUT2D eigenvalue weighted by Crippen LogP contribution is -2.13. The van der Waals surface area contributed by atoms with E-state index in [9.17, 15) is 18.0 Å². The Balaban J connectivity index is 2.63. The van der Waals surface area contributed by atoms with Crippen molar-refractivity contribution in [3.63, 3.8) is 0 Å². The second-order valence-corrected chi connectivity index (χ2v) is 3.45. The molecule has 2 N–H and O–H groups in total. The number of aliphatic hydroxyl groups is 1. The molecule has 0 aliphatic carbocycles. The van der Waals surface area contributed by atoms with E-state index in [1.54, 1.807) is 0 Å². The van der Waals surface area contributed by atoms with E-state index < -0.39 is 29.0 Å². The first-order chi connectivity index (χ1) is 8.06. The first-order valence-electron chi connectivity index (χ1n) is 5.10. The maximum Gasteiger partial charge on any atom is 0.224 e. The lowest BCUT2D eigenvalue weighted by Gasteiger charge is -2.06. The third kappa shape index (κ3) is 3.74. The molecule has 0 aliphatic rings. The highest BCUT2D eigenvalue weighted by atomic mass is 19.2. The second-order valence-electron chi connectivity index (χ2n) is 3.45. The van der Waals surface area contributed by atoms with Crippen LogP contribution in [0.15, 0.2) is 12.1 Å². The monoisotopic (exact) mass is 247 g/mol. The largest absolute Gasteiger partial charge is 0.396 e. The number of halogens is 3. The van der Waals surface area contributed by atoms with Crippen LogP contribution in [0.25, 0.3) is 0 Å². The summed E-state index contributed by atoms with van der Waals surface area (Å²) in [6, 6.07) is 1.69. The standard InChI is InChI=1S/C11H12F3NO2/c12-7-4-5-8(11(14)10(7)13)15-9(17)3-1-2-6-16/h4-5,16H,1-3,6H2,(H,15,17). The van der Waals surface area contributed by atoms with Crippen molar-refractivity contribution in [1.82, 2.24) is 0 Å². The van der Waals surface area contributed by atoms with Gasteiger partial charge < -0.3 is 10.4 Å². The maximum absolute atomic E-state index is 13.1. The van der Waals surface area contributed by atoms with Gasteiger partial charge in [0.15, 0.2) is 17.5 Å². The minimum absolute atomic E-state index is 0.0349. The lowest BCUT2D eigenvalue weighted by atomic mass is 10.2. The van der Waals surface area contributed by atoms with Gasteiger partial charge in [0.1, 0.15) is 0 Å². The molecule has 17 heavy (non-hydrogen) atoms. The summed E-state index contributed by atoms with van der Waals surface area (Å²) in [5.74, 6) is -4.84. The van der Waals surface area contributed by atoms with Gasteiger partial charge in [-0.2, -0.15) is 0 Å². The Morgan fingerprint density at radius 2 is 1.88 bits per heavy atom. The number of hydrogen-bond acceptors (Lipinski definition) is 2. The topological polar surface area (TPSA) is 49.3 Å². The third-order valence-corrected chi connectivity index (χ3v) is 2.12. The van der Waals surface area contributed by atoms with Crippen LogP contribution >= 0.6 is 0 Å². The molecule has 0 saturated carbocycles. The molecule has 0 radical (unpaired) electrons. The molecule has 94 valence electrons. The number of carbonyl (C=O) groups excluding carboxylic acids is 1. The fourth-order valence-corrected chi connectivity index (χ4v) is 1.23. The normalized spacial score (nSPS) is 10.4. The van der Waals surface area contributed by atoms with E-state index in [1.807, 2.05) is 0 Å². The van der Waals surface area contributed by atoms with Crippen molar-refractivity contribution in [2.24, 2.45) is 0 Å². The van der Waals surface area contributed by atoms with Crippen molar-refractivity contribution in [3.8, 4) is 0 Å². The van der Waals surface area contributed by atoms with E-state index in [4.69, 9.17) is 5.11 Å². The zero-order chi connectivity index (χ0) is 12.8. The van der Waals surface area contributed by atoms with E-state index in [1.165, 1.54) is 0 Å². The molecule has 0 spiro atoms. The van der Waals surface area contributed by atoms with Crippen LogP contribution in [-0.2, 0) is 4.79 Å². The molecular weight excluding hydrogens is 235 g/mol. The van der Waals surface area contributed by atoms with Crippen LogP contribution in [0.5, 0.6) is 0 Å². The van der Waals surface area contributed by atoms with E-state index >= 15 is 0 Å². The average Bonchev–Trinajstić information content (AvgIpc) is 2.30. The van der Waals surface area contributed by atoms with Gasteiger partial charge in [-0.1, -0.05) is 0 Å². The number of nitrogens with one attached hydrogen (secondary N) is 1. The zero-order valence-corrected chi connectivity index (χ0v) is 8.97. The molecule has 0 atom stereocenters. The quantitative estimate of drug-likeness (QED) is 0.619. The number of carbonyl (C=O) groups is 1. The molecule has 0 aliphatic heterocycles. The van der Waals surface area contributed by atoms with E-state index in [0.717, 1.165) is 12.1 Å². The van der Waals surface area contributed by atoms with Crippen molar-refractivity contribution in [2.45, 2.75) is 19.3 Å². The first kappa shape index (κ1) is 13.5. The predicted octanol–water partition coefficient (Wildman–Crippen LogP) is 2.21. The molecule has 1 aromatic carbocycles. The zero-order valence-electron chi connectivity index (χ0n) is 8.97. The van der Waals surface area contributed by atoms with Gasteiger partial charge in [-0.05, 0) is 25.0 Å². The summed E-state index contributed by atoms with van der Waals surface area (Å²) in [5, 5.41) is 10.6. The Morgan fingerprint density at radius 1 is 1.18 bits per heavy atom. The summed E-state index contributed by atoms with van der Waals surface area (Å²) < 4.78 is 38.5. The maximum atomic E-state index is 13.1. The Hall–Kier alpha value is -1.56. The number of amides is 1. The molecule has 0 heterocycles. The fraction of sp³-hybridized carbons (Fsp3) is 0.364. The van der Waals surface area contributed by atoms with Gasteiger partial charge in [-0.15, -0.1) is 0 Å². The van der Waals surface area contributed by atoms with E-state index in [-0.39, 0.29) is 13.0 Å². The van der Waals surface area contributed by atoms with Crippen molar-refractivity contribution in [3.05, 3.63) is 29.6 Å². The van der Waals surface area contributed by atoms with Crippen LogP contribution in [0.4, 0.5) is 18.9 Å². The van der Waals surface area contributed by atoms with Gasteiger partial charge in [0.05, 0.1) is 5.69 Å². The molecule has 3 nitrogen and oxygen atoms in total. The number of unbranched alkanes of at least 4 members (excludes halogenated alkanes) is 1. The Morgan fingerprint density at radius 3 is 2.53 bits per heavy atom. The fourth-order valence-electron chi connectivity index (χ4n) is 1.23. The molecule has 0 saturated heterocycles. The van der Waals surface area contributed by atoms with Crippen LogP contribution in [0.2, 0.25) is 0 Å². The highest BCUT2D eigenvalue weighted by Gasteiger charge is 2.14. The molecule has 0 bridgehead atoms. The molecule has 0 unspecified atom stereocenters. The number of anilines is 1. The van der Waals surface area contributed by atoms with Crippen molar-refractivity contribution in [1.29, 1.82) is 0 Å². The number of aliphatic hydroxyl groups excluding tert-OH is 1. The average molecular weight is 247 g/mol. The van der Waals surface area contributed by atoms with Crippen LogP contribution in [-0.4, -0.2) is 17.6 Å². The van der Waals surface area contributed by atoms with E-state index in [0.29, 0.717) is 12.8 Å². The third-order valence-electron chi connectivity index (χ3n) is 2.12. The molecule has 1 aromatic rings. The Bertz CT molecular complexity index is 410. The van der Waals surface area contributed by atoms with Crippen molar-refractivity contribution < 1.29 is 23.1 Å². The molecule has 0 aromatic heterocycles. The Labute approximate surface area is 96.3 Å². The number of hydrogen-bond donors (Lipinski definition) is 2. The summed E-state index contributed by atoms with van der Waals surface area (Å²) in [6.45, 7) is -0.0349. The summed E-state index contributed by atoms with van der Waals surface area (Å²) in [5.41, 5.74) is -0.391. The predicted molar refractivity (Wildman–Crippen MR) is 55.9 cm³/mol. The van der Waals surface area contributed by atoms with Gasteiger partial charge in [0.25, 0.3) is 0 Å². The minimum Gasteiger partial charge on any atom is -0.396 e. The smallest absolute Gasteiger partial charge is 0.224 e. The highest BCUT2D eigenvalue weighted by Crippen LogP contribution is 2.19. The van der Waals surface area contributed by atoms with Crippen LogP contribution < -0.4 is 5.32 Å². The number of benzene rings is 1. The lowest BCUT2D eigenvalue weighted by molar-refractivity contribution is -0.116. The minimum atomic E-state index is -1.61. The van der Waals surface area contributed by atoms with Gasteiger partial charge in [0.2, 0.25) is 5.91 Å². The summed E-state index contributed by atoms with van der Waals surface area (Å²) in [6.07, 6.45) is 0.973. The van der Waals surface area contributed by atoms with Gasteiger partial charge >= 0.3 is 0 Å². The van der Waals surface area contributed by atoms with Crippen molar-refractivity contribution in [2.75, 3.05) is 11.9 Å². The summed E-state index contributed by atoms with van der Waals surface area (Å²) in [4.78, 5) is 11.3. The van der Waals surface area contributed by atoms with E-state index in [2.05, 4.69) is 5.32 Å². The highest BCUT2D eigenvalue weighted by molar-refractivity contribution is 5.90. The summed E-state index contributed by atoms with van der Waals surface area (Å²) >= 11 is 0. The molecular formula is C11H12F3NO2. The molecule has 1 rings (SSSR count). The SMILES string of the molecule is O=C(CCCCO)Nc1ccc(F)c(F)c1F. The van der Waals surface area contributed by atoms with Gasteiger partial charge in [-0.3, -0.25) is 4.79 Å². The van der Waals surface area contributed by atoms with Gasteiger partial charge in [-0.25, -0.2) is 13.2 Å². The summed E-state index contributed by atoms with van der Waals surface area (Å²) in [7, 11) is 0. The van der Waals surface area contributed by atoms with Crippen molar-refractivity contribution >= 4 is 11.6 Å². The van der Waals surface area contributed by atoms with Gasteiger partial charge in [0, 0.05) is 13.0 Å². The molecule has 1 amide bonds.